The average Bonchev–Trinajstić information content (AvgIpc) is 2.86. The number of para-hydroxylation sites is 3. The Hall–Kier alpha value is -3.65. The molecule has 165 valence electrons. The van der Waals surface area contributed by atoms with Crippen LogP contribution < -0.4 is 15.3 Å². The van der Waals surface area contributed by atoms with Crippen molar-refractivity contribution in [2.75, 3.05) is 0 Å². The van der Waals surface area contributed by atoms with Gasteiger partial charge in [0.25, 0.3) is 0 Å². The van der Waals surface area contributed by atoms with Crippen molar-refractivity contribution < 1.29 is 15.3 Å². The Labute approximate surface area is 223 Å². The first-order valence-corrected chi connectivity index (χ1v) is 10.2. The first kappa shape index (κ1) is 27.6. The van der Waals surface area contributed by atoms with Crippen molar-refractivity contribution in [3.05, 3.63) is 110 Å². The maximum atomic E-state index is 11.1. The molecule has 0 aliphatic carbocycles. The summed E-state index contributed by atoms with van der Waals surface area (Å²) in [5, 5.41) is 36.1. The molecule has 3 radical (unpaired) electrons. The molecule has 0 atom stereocenters. The van der Waals surface area contributed by atoms with E-state index in [2.05, 4.69) is 15.0 Å². The molecule has 0 N–H and O–H groups in total. The maximum Gasteiger partial charge on any atom is 3.00 e. The molecular formula is C27H18Al2N3O3. The molecule has 0 saturated heterocycles. The van der Waals surface area contributed by atoms with E-state index in [-0.39, 0.29) is 52.0 Å². The van der Waals surface area contributed by atoms with E-state index in [4.69, 9.17) is 0 Å². The molecule has 0 spiro atoms. The summed E-state index contributed by atoms with van der Waals surface area (Å²) < 4.78 is 0. The molecule has 6 aromatic rings. The Morgan fingerprint density at radius 1 is 0.400 bits per heavy atom. The van der Waals surface area contributed by atoms with E-state index in [1.807, 2.05) is 54.6 Å². The topological polar surface area (TPSA) is 108 Å². The van der Waals surface area contributed by atoms with E-state index in [1.165, 1.54) is 18.2 Å². The Morgan fingerprint density at radius 2 is 0.657 bits per heavy atom. The number of hydrogen-bond acceptors (Lipinski definition) is 6. The third-order valence-corrected chi connectivity index (χ3v) is 4.79. The minimum Gasteiger partial charge on any atom is -0.871 e. The third-order valence-electron chi connectivity index (χ3n) is 4.79. The largest absolute Gasteiger partial charge is 3.00 e. The van der Waals surface area contributed by atoms with Crippen LogP contribution in [0.4, 0.5) is 0 Å². The molecule has 3 aromatic heterocycles. The summed E-state index contributed by atoms with van der Waals surface area (Å²) in [5.74, 6) is -0.0331. The van der Waals surface area contributed by atoms with Crippen LogP contribution in [0, 0.1) is 0 Å². The zero-order valence-corrected chi connectivity index (χ0v) is 20.9. The van der Waals surface area contributed by atoms with Crippen LogP contribution in [-0.4, -0.2) is 49.7 Å². The van der Waals surface area contributed by atoms with Crippen molar-refractivity contribution in [2.45, 2.75) is 0 Å². The molecule has 0 aliphatic rings. The fourth-order valence-electron chi connectivity index (χ4n) is 3.23. The molecule has 0 amide bonds. The van der Waals surface area contributed by atoms with Gasteiger partial charge in [0.05, 0.1) is 16.6 Å². The zero-order valence-electron chi connectivity index (χ0n) is 18.6. The van der Waals surface area contributed by atoms with Crippen LogP contribution in [0.15, 0.2) is 110 Å². The molecule has 35 heavy (non-hydrogen) atoms. The zero-order chi connectivity index (χ0) is 23.0. The summed E-state index contributed by atoms with van der Waals surface area (Å²) in [6.45, 7) is 0. The van der Waals surface area contributed by atoms with Crippen molar-refractivity contribution in [1.29, 1.82) is 0 Å². The number of fused-ring (bicyclic) bond motifs is 3. The van der Waals surface area contributed by atoms with E-state index in [9.17, 15) is 15.3 Å². The van der Waals surface area contributed by atoms with Crippen LogP contribution in [0.2, 0.25) is 0 Å². The van der Waals surface area contributed by atoms with E-state index < -0.39 is 0 Å². The van der Waals surface area contributed by atoms with Crippen LogP contribution >= 0.6 is 0 Å². The van der Waals surface area contributed by atoms with Gasteiger partial charge in [0.2, 0.25) is 0 Å². The number of nitrogens with zero attached hydrogens (tertiary/aromatic N) is 3. The van der Waals surface area contributed by atoms with Crippen molar-refractivity contribution in [3.63, 3.8) is 0 Å². The van der Waals surface area contributed by atoms with Gasteiger partial charge in [0.15, 0.2) is 0 Å². The fourth-order valence-corrected chi connectivity index (χ4v) is 3.23. The standard InChI is InChI=1S/3C9H7NO.2Al/c3*11-8-5-1-3-7-4-2-6-10-9(7)8;;/h3*1-6,11H;;/q;;;;+3/p-3. The normalized spacial score (nSPS) is 9.60. The van der Waals surface area contributed by atoms with Gasteiger partial charge in [-0.3, -0.25) is 15.0 Å². The van der Waals surface area contributed by atoms with Gasteiger partial charge in [-0.25, -0.2) is 0 Å². The smallest absolute Gasteiger partial charge is 0.871 e. The molecule has 8 heteroatoms. The molecule has 0 aliphatic heterocycles. The second-order valence-electron chi connectivity index (χ2n) is 6.99. The molecule has 0 fully saturated rings. The number of benzene rings is 3. The van der Waals surface area contributed by atoms with Gasteiger partial charge >= 0.3 is 17.4 Å². The van der Waals surface area contributed by atoms with Gasteiger partial charge in [0.1, 0.15) is 0 Å². The molecule has 0 saturated carbocycles. The van der Waals surface area contributed by atoms with Gasteiger partial charge in [-0.05, 0) is 34.4 Å². The number of rotatable bonds is 0. The van der Waals surface area contributed by atoms with Crippen LogP contribution in [0.25, 0.3) is 32.7 Å². The molecule has 6 nitrogen and oxygen atoms in total. The van der Waals surface area contributed by atoms with Crippen LogP contribution in [-0.2, 0) is 0 Å². The first-order valence-electron chi connectivity index (χ1n) is 10.2. The summed E-state index contributed by atoms with van der Waals surface area (Å²) in [6.07, 6.45) is 4.89. The van der Waals surface area contributed by atoms with Gasteiger partial charge in [-0.2, -0.15) is 0 Å². The van der Waals surface area contributed by atoms with Gasteiger partial charge in [0, 0.05) is 36.0 Å². The Kier molecular flexibility index (Phi) is 10.5. The maximum absolute atomic E-state index is 11.1. The van der Waals surface area contributed by atoms with E-state index in [0.717, 1.165) is 16.2 Å². The van der Waals surface area contributed by atoms with E-state index >= 15 is 0 Å². The molecule has 6 rings (SSSR count). The van der Waals surface area contributed by atoms with Gasteiger partial charge < -0.3 is 15.3 Å². The summed E-state index contributed by atoms with van der Waals surface area (Å²) in [4.78, 5) is 11.9. The van der Waals surface area contributed by atoms with Crippen LogP contribution in [0.1, 0.15) is 0 Å². The predicted octanol–water partition coefficient (Wildman–Crippen LogP) is 3.16. The Balaban J connectivity index is 0.000000180. The molecule has 3 heterocycles. The number of aromatic nitrogens is 3. The Morgan fingerprint density at radius 3 is 0.914 bits per heavy atom. The summed E-state index contributed by atoms with van der Waals surface area (Å²) in [5.41, 5.74) is 1.65. The van der Waals surface area contributed by atoms with Crippen molar-refractivity contribution in [3.8, 4) is 17.2 Å². The van der Waals surface area contributed by atoms with E-state index in [0.29, 0.717) is 16.6 Å². The molecular weight excluding hydrogens is 468 g/mol. The summed E-state index contributed by atoms with van der Waals surface area (Å²) in [7, 11) is 0. The molecule has 0 bridgehead atoms. The number of pyridine rings is 3. The van der Waals surface area contributed by atoms with Crippen molar-refractivity contribution in [1.82, 2.24) is 15.0 Å². The second-order valence-corrected chi connectivity index (χ2v) is 6.99. The third kappa shape index (κ3) is 6.93. The van der Waals surface area contributed by atoms with Gasteiger partial charge in [-0.1, -0.05) is 90.0 Å². The minimum absolute atomic E-state index is 0. The summed E-state index contributed by atoms with van der Waals surface area (Å²) >= 11 is 0. The average molecular weight is 486 g/mol. The van der Waals surface area contributed by atoms with Gasteiger partial charge in [-0.15, -0.1) is 0 Å². The predicted molar refractivity (Wildman–Crippen MR) is 135 cm³/mol. The molecule has 3 aromatic carbocycles. The molecule has 0 unspecified atom stereocenters. The quantitative estimate of drug-likeness (QED) is 0.305. The SMILES string of the molecule is [Al+3].[Al].[O-]c1cccc2cccnc12.[O-]c1cccc2cccnc12.[O-]c1cccc2cccnc12. The van der Waals surface area contributed by atoms with Crippen molar-refractivity contribution in [2.24, 2.45) is 0 Å². The van der Waals surface area contributed by atoms with E-state index in [1.54, 1.807) is 36.8 Å². The second kappa shape index (κ2) is 13.3. The summed E-state index contributed by atoms with van der Waals surface area (Å²) in [6, 6.07) is 26.5. The van der Waals surface area contributed by atoms with Crippen LogP contribution in [0.5, 0.6) is 17.2 Å². The fraction of sp³-hybridized carbons (Fsp3) is 0. The van der Waals surface area contributed by atoms with Crippen LogP contribution in [0.3, 0.4) is 0 Å². The monoisotopic (exact) mass is 486 g/mol. The Bertz CT molecular complexity index is 1330. The number of hydrogen-bond donors (Lipinski definition) is 0. The minimum atomic E-state index is -0.0110. The van der Waals surface area contributed by atoms with Crippen molar-refractivity contribution >= 4 is 67.4 Å². The first-order chi connectivity index (χ1) is 16.1.